The number of carbonyl (C=O) groups is 1. The Labute approximate surface area is 108 Å². The van der Waals surface area contributed by atoms with Crippen LogP contribution in [0.25, 0.3) is 0 Å². The molecule has 1 aromatic carbocycles. The van der Waals surface area contributed by atoms with E-state index >= 15 is 0 Å². The molecule has 0 radical (unpaired) electrons. The first-order valence-electron chi connectivity index (χ1n) is 5.80. The van der Waals surface area contributed by atoms with Gasteiger partial charge in [-0.2, -0.15) is 0 Å². The molecule has 5 nitrogen and oxygen atoms in total. The lowest BCUT2D eigenvalue weighted by molar-refractivity contribution is -0.120. The number of rotatable bonds is 4. The van der Waals surface area contributed by atoms with E-state index in [0.29, 0.717) is 17.1 Å². The summed E-state index contributed by atoms with van der Waals surface area (Å²) in [5.74, 6) is 0.618. The van der Waals surface area contributed by atoms with Crippen LogP contribution in [0.4, 0.5) is 11.4 Å². The molecule has 0 heterocycles. The van der Waals surface area contributed by atoms with Gasteiger partial charge in [0.15, 0.2) is 0 Å². The van der Waals surface area contributed by atoms with Crippen molar-refractivity contribution in [2.75, 3.05) is 24.7 Å². The van der Waals surface area contributed by atoms with Gasteiger partial charge in [0, 0.05) is 11.6 Å². The maximum absolute atomic E-state index is 11.7. The Balaban J connectivity index is 2.60. The fourth-order valence-electron chi connectivity index (χ4n) is 1.45. The standard InChI is InChI=1S/C13H21N3O2/c1-13(2,3)16-12(17)8-15-11-7-9(18-4)5-6-10(11)14/h5-7,15H,8,14H2,1-4H3,(H,16,17). The van der Waals surface area contributed by atoms with Crippen LogP contribution in [0.15, 0.2) is 18.2 Å². The fourth-order valence-corrected chi connectivity index (χ4v) is 1.45. The van der Waals surface area contributed by atoms with Crippen molar-refractivity contribution in [1.29, 1.82) is 0 Å². The first kappa shape index (κ1) is 14.2. The molecule has 18 heavy (non-hydrogen) atoms. The van der Waals surface area contributed by atoms with E-state index in [9.17, 15) is 4.79 Å². The Morgan fingerprint density at radius 3 is 2.61 bits per heavy atom. The van der Waals surface area contributed by atoms with Gasteiger partial charge < -0.3 is 21.1 Å². The van der Waals surface area contributed by atoms with Gasteiger partial charge in [0.1, 0.15) is 5.75 Å². The van der Waals surface area contributed by atoms with Crippen molar-refractivity contribution in [2.45, 2.75) is 26.3 Å². The monoisotopic (exact) mass is 251 g/mol. The fraction of sp³-hybridized carbons (Fsp3) is 0.462. The van der Waals surface area contributed by atoms with Crippen LogP contribution in [-0.2, 0) is 4.79 Å². The molecule has 4 N–H and O–H groups in total. The summed E-state index contributed by atoms with van der Waals surface area (Å²) in [5.41, 5.74) is 6.85. The molecule has 0 fully saturated rings. The topological polar surface area (TPSA) is 76.4 Å². The Morgan fingerprint density at radius 2 is 2.06 bits per heavy atom. The molecule has 0 aliphatic carbocycles. The summed E-state index contributed by atoms with van der Waals surface area (Å²) >= 11 is 0. The molecule has 0 aliphatic heterocycles. The second-order valence-corrected chi connectivity index (χ2v) is 5.10. The quantitative estimate of drug-likeness (QED) is 0.710. The van der Waals surface area contributed by atoms with Crippen LogP contribution in [0.3, 0.4) is 0 Å². The number of hydrogen-bond donors (Lipinski definition) is 3. The van der Waals surface area contributed by atoms with Crippen LogP contribution in [0.5, 0.6) is 5.75 Å². The van der Waals surface area contributed by atoms with Crippen LogP contribution < -0.4 is 21.1 Å². The van der Waals surface area contributed by atoms with Crippen molar-refractivity contribution in [2.24, 2.45) is 0 Å². The predicted octanol–water partition coefficient (Wildman–Crippen LogP) is 1.60. The summed E-state index contributed by atoms with van der Waals surface area (Å²) in [6.45, 7) is 5.98. The van der Waals surface area contributed by atoms with E-state index in [0.717, 1.165) is 0 Å². The van der Waals surface area contributed by atoms with Crippen LogP contribution in [0, 0.1) is 0 Å². The minimum atomic E-state index is -0.237. The summed E-state index contributed by atoms with van der Waals surface area (Å²) in [7, 11) is 1.58. The van der Waals surface area contributed by atoms with Crippen LogP contribution in [-0.4, -0.2) is 25.1 Å². The van der Waals surface area contributed by atoms with Crippen molar-refractivity contribution in [3.05, 3.63) is 18.2 Å². The molecular formula is C13H21N3O2. The number of nitrogens with two attached hydrogens (primary N) is 1. The maximum atomic E-state index is 11.7. The lowest BCUT2D eigenvalue weighted by atomic mass is 10.1. The highest BCUT2D eigenvalue weighted by atomic mass is 16.5. The maximum Gasteiger partial charge on any atom is 0.239 e. The lowest BCUT2D eigenvalue weighted by Crippen LogP contribution is -2.43. The summed E-state index contributed by atoms with van der Waals surface area (Å²) in [4.78, 5) is 11.7. The van der Waals surface area contributed by atoms with Crippen LogP contribution >= 0.6 is 0 Å². The zero-order valence-corrected chi connectivity index (χ0v) is 11.3. The van der Waals surface area contributed by atoms with Gasteiger partial charge >= 0.3 is 0 Å². The zero-order valence-electron chi connectivity index (χ0n) is 11.3. The molecule has 100 valence electrons. The van der Waals surface area contributed by atoms with Crippen LogP contribution in [0.1, 0.15) is 20.8 Å². The molecule has 5 heteroatoms. The number of carbonyl (C=O) groups excluding carboxylic acids is 1. The first-order chi connectivity index (χ1) is 8.31. The largest absolute Gasteiger partial charge is 0.497 e. The molecule has 0 spiro atoms. The molecule has 1 aromatic rings. The Hall–Kier alpha value is -1.91. The predicted molar refractivity (Wildman–Crippen MR) is 73.8 cm³/mol. The average molecular weight is 251 g/mol. The van der Waals surface area contributed by atoms with Gasteiger partial charge in [0.2, 0.25) is 5.91 Å². The van der Waals surface area contributed by atoms with Gasteiger partial charge in [-0.25, -0.2) is 0 Å². The van der Waals surface area contributed by atoms with Gasteiger partial charge in [-0.15, -0.1) is 0 Å². The lowest BCUT2D eigenvalue weighted by Gasteiger charge is -2.21. The number of benzene rings is 1. The number of amides is 1. The molecule has 0 saturated carbocycles. The Bertz CT molecular complexity index is 425. The molecule has 1 rings (SSSR count). The van der Waals surface area contributed by atoms with Gasteiger partial charge in [0.05, 0.1) is 25.0 Å². The summed E-state index contributed by atoms with van der Waals surface area (Å²) in [6, 6.07) is 5.28. The summed E-state index contributed by atoms with van der Waals surface area (Å²) in [6.07, 6.45) is 0. The van der Waals surface area contributed by atoms with Gasteiger partial charge in [0.25, 0.3) is 0 Å². The van der Waals surface area contributed by atoms with Gasteiger partial charge in [-0.1, -0.05) is 0 Å². The summed E-state index contributed by atoms with van der Waals surface area (Å²) < 4.78 is 5.10. The van der Waals surface area contributed by atoms with Crippen molar-refractivity contribution < 1.29 is 9.53 Å². The molecule has 0 atom stereocenters. The number of methoxy groups -OCH3 is 1. The zero-order chi connectivity index (χ0) is 13.8. The molecule has 0 saturated heterocycles. The van der Waals surface area contributed by atoms with E-state index in [1.54, 1.807) is 25.3 Å². The van der Waals surface area contributed by atoms with Gasteiger partial charge in [-0.3, -0.25) is 4.79 Å². The number of anilines is 2. The van der Waals surface area contributed by atoms with E-state index < -0.39 is 0 Å². The summed E-state index contributed by atoms with van der Waals surface area (Å²) in [5, 5.41) is 5.86. The third-order valence-corrected chi connectivity index (χ3v) is 2.21. The van der Waals surface area contributed by atoms with Crippen molar-refractivity contribution >= 4 is 17.3 Å². The molecule has 0 aromatic heterocycles. The van der Waals surface area contributed by atoms with E-state index in [4.69, 9.17) is 10.5 Å². The molecule has 0 aliphatic rings. The van der Waals surface area contributed by atoms with Crippen molar-refractivity contribution in [1.82, 2.24) is 5.32 Å². The Kier molecular flexibility index (Phi) is 4.42. The smallest absolute Gasteiger partial charge is 0.239 e. The number of nitrogens with one attached hydrogen (secondary N) is 2. The molecule has 0 unspecified atom stereocenters. The average Bonchev–Trinajstić information content (AvgIpc) is 2.25. The van der Waals surface area contributed by atoms with Crippen LogP contribution in [0.2, 0.25) is 0 Å². The Morgan fingerprint density at radius 1 is 1.39 bits per heavy atom. The van der Waals surface area contributed by atoms with Crippen molar-refractivity contribution in [3.63, 3.8) is 0 Å². The third-order valence-electron chi connectivity index (χ3n) is 2.21. The third kappa shape index (κ3) is 4.53. The van der Waals surface area contributed by atoms with Gasteiger partial charge in [-0.05, 0) is 32.9 Å². The minimum Gasteiger partial charge on any atom is -0.497 e. The van der Waals surface area contributed by atoms with E-state index in [1.165, 1.54) is 0 Å². The molecular weight excluding hydrogens is 230 g/mol. The number of ether oxygens (including phenoxy) is 1. The highest BCUT2D eigenvalue weighted by Crippen LogP contribution is 2.23. The number of nitrogen functional groups attached to an aromatic ring is 1. The minimum absolute atomic E-state index is 0.0790. The second-order valence-electron chi connectivity index (χ2n) is 5.10. The highest BCUT2D eigenvalue weighted by molar-refractivity contribution is 5.83. The SMILES string of the molecule is COc1ccc(N)c(NCC(=O)NC(C)(C)C)c1. The number of hydrogen-bond acceptors (Lipinski definition) is 4. The highest BCUT2D eigenvalue weighted by Gasteiger charge is 2.13. The van der Waals surface area contributed by atoms with E-state index in [-0.39, 0.29) is 18.0 Å². The molecule has 1 amide bonds. The van der Waals surface area contributed by atoms with E-state index in [2.05, 4.69) is 10.6 Å². The van der Waals surface area contributed by atoms with E-state index in [1.807, 2.05) is 20.8 Å². The first-order valence-corrected chi connectivity index (χ1v) is 5.80. The second kappa shape index (κ2) is 5.62. The molecule has 0 bridgehead atoms. The normalized spacial score (nSPS) is 10.9. The van der Waals surface area contributed by atoms with Crippen molar-refractivity contribution in [3.8, 4) is 5.75 Å².